The van der Waals surface area contributed by atoms with Crippen LogP contribution in [-0.4, -0.2) is 29.9 Å². The molecule has 0 aliphatic rings. The van der Waals surface area contributed by atoms with Gasteiger partial charge in [0.1, 0.15) is 0 Å². The maximum atomic E-state index is 11.5. The Balaban J connectivity index is 3.82. The molecule has 0 heterocycles. The number of ether oxygens (including phenoxy) is 1. The highest BCUT2D eigenvalue weighted by atomic mass is 32.2. The third-order valence-electron chi connectivity index (χ3n) is 1.82. The maximum absolute atomic E-state index is 11.5. The zero-order valence-electron chi connectivity index (χ0n) is 9.54. The van der Waals surface area contributed by atoms with Crippen molar-refractivity contribution in [1.29, 1.82) is 0 Å². The predicted molar refractivity (Wildman–Crippen MR) is 62.9 cm³/mol. The largest absolute Gasteiger partial charge is 0.454 e. The van der Waals surface area contributed by atoms with Gasteiger partial charge in [-0.25, -0.2) is 4.79 Å². The van der Waals surface area contributed by atoms with E-state index < -0.39 is 5.97 Å². The van der Waals surface area contributed by atoms with Gasteiger partial charge in [0.15, 0.2) is 12.4 Å². The van der Waals surface area contributed by atoms with Gasteiger partial charge in [0.25, 0.3) is 0 Å². The number of rotatable bonds is 7. The molecule has 0 rings (SSSR count). The van der Waals surface area contributed by atoms with E-state index in [1.54, 1.807) is 18.7 Å². The van der Waals surface area contributed by atoms with Crippen molar-refractivity contribution >= 4 is 23.5 Å². The van der Waals surface area contributed by atoms with Gasteiger partial charge in [-0.3, -0.25) is 4.79 Å². The molecule has 0 aromatic rings. The van der Waals surface area contributed by atoms with Crippen LogP contribution < -0.4 is 0 Å². The van der Waals surface area contributed by atoms with Crippen molar-refractivity contribution < 1.29 is 14.3 Å². The van der Waals surface area contributed by atoms with Gasteiger partial charge in [0.2, 0.25) is 0 Å². The average Bonchev–Trinajstić information content (AvgIpc) is 2.21. The molecule has 1 atom stereocenters. The summed E-state index contributed by atoms with van der Waals surface area (Å²) in [5.41, 5.74) is 0.318. The third kappa shape index (κ3) is 6.33. The molecule has 0 aromatic heterocycles. The van der Waals surface area contributed by atoms with Gasteiger partial charge in [-0.05, 0) is 12.7 Å². The highest BCUT2D eigenvalue weighted by Crippen LogP contribution is 2.09. The van der Waals surface area contributed by atoms with Crippen molar-refractivity contribution in [1.82, 2.24) is 0 Å². The SMILES string of the molecule is C=C(C)C(=O)OCC(=O)C(C)CSCC. The van der Waals surface area contributed by atoms with Crippen molar-refractivity contribution in [3.63, 3.8) is 0 Å². The summed E-state index contributed by atoms with van der Waals surface area (Å²) in [6, 6.07) is 0. The fourth-order valence-electron chi connectivity index (χ4n) is 0.790. The second-order valence-electron chi connectivity index (χ2n) is 3.38. The molecule has 1 unspecified atom stereocenters. The van der Waals surface area contributed by atoms with E-state index in [0.29, 0.717) is 5.57 Å². The van der Waals surface area contributed by atoms with Crippen LogP contribution in [0.25, 0.3) is 0 Å². The minimum atomic E-state index is -0.501. The Hall–Kier alpha value is -0.770. The van der Waals surface area contributed by atoms with Crippen molar-refractivity contribution in [3.8, 4) is 0 Å². The lowest BCUT2D eigenvalue weighted by Gasteiger charge is -2.09. The van der Waals surface area contributed by atoms with Gasteiger partial charge >= 0.3 is 5.97 Å². The van der Waals surface area contributed by atoms with Gasteiger partial charge in [-0.2, -0.15) is 11.8 Å². The maximum Gasteiger partial charge on any atom is 0.333 e. The van der Waals surface area contributed by atoms with E-state index in [0.717, 1.165) is 11.5 Å². The molecule has 0 saturated carbocycles. The molecule has 0 radical (unpaired) electrons. The summed E-state index contributed by atoms with van der Waals surface area (Å²) in [6.07, 6.45) is 0. The quantitative estimate of drug-likeness (QED) is 0.496. The van der Waals surface area contributed by atoms with Crippen LogP contribution in [0.2, 0.25) is 0 Å². The van der Waals surface area contributed by atoms with Crippen LogP contribution in [0.4, 0.5) is 0 Å². The van der Waals surface area contributed by atoms with E-state index >= 15 is 0 Å². The lowest BCUT2D eigenvalue weighted by atomic mass is 10.1. The Bertz CT molecular complexity index is 248. The summed E-state index contributed by atoms with van der Waals surface area (Å²) in [5, 5.41) is 0. The van der Waals surface area contributed by atoms with Crippen LogP contribution in [0.15, 0.2) is 12.2 Å². The molecular formula is C11H18O3S. The third-order valence-corrected chi connectivity index (χ3v) is 2.96. The van der Waals surface area contributed by atoms with E-state index in [4.69, 9.17) is 4.74 Å². The molecule has 0 amide bonds. The number of Topliss-reactive ketones (excluding diaryl/α,β-unsaturated/α-hetero) is 1. The van der Waals surface area contributed by atoms with Crippen LogP contribution in [0.1, 0.15) is 20.8 Å². The molecule has 0 spiro atoms. The fraction of sp³-hybridized carbons (Fsp3) is 0.636. The first kappa shape index (κ1) is 14.2. The molecule has 0 aromatic carbocycles. The minimum absolute atomic E-state index is 0.0365. The standard InChI is InChI=1S/C11H18O3S/c1-5-15-7-9(4)10(12)6-14-11(13)8(2)3/h9H,2,5-7H2,1,3-4H3. The van der Waals surface area contributed by atoms with E-state index in [1.807, 2.05) is 13.8 Å². The second-order valence-corrected chi connectivity index (χ2v) is 4.70. The molecule has 0 saturated heterocycles. The van der Waals surface area contributed by atoms with E-state index in [1.165, 1.54) is 0 Å². The number of hydrogen-bond donors (Lipinski definition) is 0. The van der Waals surface area contributed by atoms with Crippen molar-refractivity contribution in [2.75, 3.05) is 18.1 Å². The van der Waals surface area contributed by atoms with Crippen molar-refractivity contribution in [3.05, 3.63) is 12.2 Å². The van der Waals surface area contributed by atoms with Crippen LogP contribution in [0, 0.1) is 5.92 Å². The van der Waals surface area contributed by atoms with Crippen molar-refractivity contribution in [2.24, 2.45) is 5.92 Å². The van der Waals surface area contributed by atoms with Gasteiger partial charge in [0, 0.05) is 17.2 Å². The molecule has 0 bridgehead atoms. The molecular weight excluding hydrogens is 212 g/mol. The molecule has 3 nitrogen and oxygen atoms in total. The molecule has 86 valence electrons. The lowest BCUT2D eigenvalue weighted by molar-refractivity contribution is -0.144. The zero-order valence-corrected chi connectivity index (χ0v) is 10.4. The zero-order chi connectivity index (χ0) is 11.8. The van der Waals surface area contributed by atoms with Gasteiger partial charge in [-0.15, -0.1) is 0 Å². The minimum Gasteiger partial charge on any atom is -0.454 e. The molecule has 0 N–H and O–H groups in total. The normalized spacial score (nSPS) is 11.9. The highest BCUT2D eigenvalue weighted by Gasteiger charge is 2.14. The Morgan fingerprint density at radius 3 is 2.53 bits per heavy atom. The number of carbonyl (C=O) groups is 2. The van der Waals surface area contributed by atoms with E-state index in [2.05, 4.69) is 6.58 Å². The number of thioether (sulfide) groups is 1. The predicted octanol–water partition coefficient (Wildman–Crippen LogP) is 2.06. The smallest absolute Gasteiger partial charge is 0.333 e. The molecule has 0 aliphatic heterocycles. The van der Waals surface area contributed by atoms with Crippen molar-refractivity contribution in [2.45, 2.75) is 20.8 Å². The highest BCUT2D eigenvalue weighted by molar-refractivity contribution is 7.99. The van der Waals surface area contributed by atoms with Crippen LogP contribution in [0.3, 0.4) is 0 Å². The first-order chi connectivity index (χ1) is 6.99. The number of carbonyl (C=O) groups excluding carboxylic acids is 2. The molecule has 0 fully saturated rings. The van der Waals surface area contributed by atoms with Crippen LogP contribution >= 0.6 is 11.8 Å². The fourth-order valence-corrected chi connectivity index (χ4v) is 1.56. The van der Waals surface area contributed by atoms with Gasteiger partial charge in [-0.1, -0.05) is 20.4 Å². The summed E-state index contributed by atoms with van der Waals surface area (Å²) in [5.74, 6) is 1.17. The lowest BCUT2D eigenvalue weighted by Crippen LogP contribution is -2.21. The number of esters is 1. The first-order valence-corrected chi connectivity index (χ1v) is 6.07. The van der Waals surface area contributed by atoms with Gasteiger partial charge < -0.3 is 4.74 Å². The summed E-state index contributed by atoms with van der Waals surface area (Å²) in [4.78, 5) is 22.5. The average molecular weight is 230 g/mol. The first-order valence-electron chi connectivity index (χ1n) is 4.92. The second kappa shape index (κ2) is 7.51. The number of hydrogen-bond acceptors (Lipinski definition) is 4. The van der Waals surface area contributed by atoms with E-state index in [9.17, 15) is 9.59 Å². The summed E-state index contributed by atoms with van der Waals surface area (Å²) in [7, 11) is 0. The van der Waals surface area contributed by atoms with Crippen LogP contribution in [-0.2, 0) is 14.3 Å². The number of ketones is 1. The molecule has 4 heteroatoms. The summed E-state index contributed by atoms with van der Waals surface area (Å²) >= 11 is 1.71. The van der Waals surface area contributed by atoms with Gasteiger partial charge in [0.05, 0.1) is 0 Å². The Labute approximate surface area is 95.3 Å². The summed E-state index contributed by atoms with van der Waals surface area (Å²) in [6.45, 7) is 8.75. The molecule has 0 aliphatic carbocycles. The van der Waals surface area contributed by atoms with Crippen LogP contribution in [0.5, 0.6) is 0 Å². The molecule has 15 heavy (non-hydrogen) atoms. The Kier molecular flexibility index (Phi) is 7.13. The Morgan fingerprint density at radius 1 is 1.47 bits per heavy atom. The summed E-state index contributed by atoms with van der Waals surface area (Å²) < 4.78 is 4.77. The van der Waals surface area contributed by atoms with E-state index in [-0.39, 0.29) is 18.3 Å². The monoisotopic (exact) mass is 230 g/mol. The topological polar surface area (TPSA) is 43.4 Å². The Morgan fingerprint density at radius 2 is 2.07 bits per heavy atom.